The van der Waals surface area contributed by atoms with E-state index in [9.17, 15) is 18.8 Å². The quantitative estimate of drug-likeness (QED) is 0.368. The van der Waals surface area contributed by atoms with Crippen LogP contribution in [0.3, 0.4) is 0 Å². The van der Waals surface area contributed by atoms with Gasteiger partial charge < -0.3 is 14.9 Å². The SMILES string of the molecule is CCCN(C(=O)c1ccc(COc2ccc(F)cc2)o1)c1c(N)n(Cc2ccccc2)c(=O)[nH]c1=O. The molecule has 0 atom stereocenters. The van der Waals surface area contributed by atoms with E-state index in [-0.39, 0.29) is 42.8 Å². The lowest BCUT2D eigenvalue weighted by Crippen LogP contribution is -2.41. The van der Waals surface area contributed by atoms with Gasteiger partial charge >= 0.3 is 5.69 Å². The van der Waals surface area contributed by atoms with Crippen molar-refractivity contribution < 1.29 is 18.3 Å². The monoisotopic (exact) mass is 492 g/mol. The van der Waals surface area contributed by atoms with Crippen LogP contribution in [0.1, 0.15) is 35.2 Å². The van der Waals surface area contributed by atoms with Crippen LogP contribution in [-0.2, 0) is 13.2 Å². The summed E-state index contributed by atoms with van der Waals surface area (Å²) >= 11 is 0. The average Bonchev–Trinajstić information content (AvgIpc) is 3.35. The fourth-order valence-electron chi connectivity index (χ4n) is 3.69. The maximum atomic E-state index is 13.4. The number of nitrogens with two attached hydrogens (primary N) is 1. The fourth-order valence-corrected chi connectivity index (χ4v) is 3.69. The molecule has 3 N–H and O–H groups in total. The summed E-state index contributed by atoms with van der Waals surface area (Å²) in [5.41, 5.74) is 5.51. The number of ether oxygens (including phenoxy) is 1. The molecule has 2 aromatic carbocycles. The number of halogens is 1. The van der Waals surface area contributed by atoms with Gasteiger partial charge in [-0.3, -0.25) is 24.0 Å². The standard InChI is InChI=1S/C26H25FN4O5/c1-2-14-30(22-23(28)31(26(34)29-24(22)32)15-17-6-4-3-5-7-17)25(33)21-13-12-20(36-21)16-35-19-10-8-18(27)9-11-19/h3-13H,2,14-16,28H2,1H3,(H,29,32,34). The molecule has 0 unspecified atom stereocenters. The Hall–Kier alpha value is -4.60. The Morgan fingerprint density at radius 2 is 1.81 bits per heavy atom. The molecule has 10 heteroatoms. The van der Waals surface area contributed by atoms with Crippen LogP contribution in [0, 0.1) is 5.82 Å². The second-order valence-electron chi connectivity index (χ2n) is 8.03. The molecule has 0 aliphatic carbocycles. The first-order chi connectivity index (χ1) is 17.4. The molecule has 0 aliphatic heterocycles. The highest BCUT2D eigenvalue weighted by atomic mass is 19.1. The third-order valence-corrected chi connectivity index (χ3v) is 5.43. The summed E-state index contributed by atoms with van der Waals surface area (Å²) in [6.45, 7) is 2.14. The Kier molecular flexibility index (Phi) is 7.33. The maximum absolute atomic E-state index is 13.4. The number of carbonyl (C=O) groups is 1. The van der Waals surface area contributed by atoms with Crippen molar-refractivity contribution in [3.05, 3.63) is 110 Å². The second kappa shape index (κ2) is 10.8. The lowest BCUT2D eigenvalue weighted by Gasteiger charge is -2.23. The number of benzene rings is 2. The predicted octanol–water partition coefficient (Wildman–Crippen LogP) is 3.54. The van der Waals surface area contributed by atoms with Crippen molar-refractivity contribution in [2.45, 2.75) is 26.5 Å². The Bertz CT molecular complexity index is 1460. The van der Waals surface area contributed by atoms with Crippen molar-refractivity contribution in [1.82, 2.24) is 9.55 Å². The van der Waals surface area contributed by atoms with Crippen molar-refractivity contribution in [3.8, 4) is 5.75 Å². The number of carbonyl (C=O) groups excluding carboxylic acids is 1. The minimum atomic E-state index is -0.768. The minimum Gasteiger partial charge on any atom is -0.486 e. The first kappa shape index (κ1) is 24.5. The van der Waals surface area contributed by atoms with Gasteiger partial charge in [-0.15, -0.1) is 0 Å². The van der Waals surface area contributed by atoms with Gasteiger partial charge in [-0.2, -0.15) is 0 Å². The van der Waals surface area contributed by atoms with Gasteiger partial charge in [0.15, 0.2) is 11.4 Å². The third-order valence-electron chi connectivity index (χ3n) is 5.43. The minimum absolute atomic E-state index is 0.0113. The zero-order valence-electron chi connectivity index (χ0n) is 19.6. The van der Waals surface area contributed by atoms with Crippen LogP contribution < -0.4 is 26.6 Å². The van der Waals surface area contributed by atoms with Gasteiger partial charge in [-0.1, -0.05) is 37.3 Å². The summed E-state index contributed by atoms with van der Waals surface area (Å²) in [5.74, 6) is -0.328. The normalized spacial score (nSPS) is 10.8. The highest BCUT2D eigenvalue weighted by Crippen LogP contribution is 2.22. The van der Waals surface area contributed by atoms with Crippen molar-refractivity contribution in [2.75, 3.05) is 17.2 Å². The molecule has 0 saturated carbocycles. The van der Waals surface area contributed by atoms with E-state index >= 15 is 0 Å². The third kappa shape index (κ3) is 5.38. The molecule has 0 spiro atoms. The molecule has 0 fully saturated rings. The largest absolute Gasteiger partial charge is 0.486 e. The van der Waals surface area contributed by atoms with Crippen molar-refractivity contribution in [3.63, 3.8) is 0 Å². The molecule has 186 valence electrons. The predicted molar refractivity (Wildman–Crippen MR) is 133 cm³/mol. The smallest absolute Gasteiger partial charge is 0.330 e. The first-order valence-electron chi connectivity index (χ1n) is 11.3. The number of amides is 1. The van der Waals surface area contributed by atoms with Crippen LogP contribution in [-0.4, -0.2) is 22.0 Å². The number of hydrogen-bond donors (Lipinski definition) is 2. The Morgan fingerprint density at radius 1 is 1.08 bits per heavy atom. The Labute approximate surface area is 205 Å². The van der Waals surface area contributed by atoms with Crippen molar-refractivity contribution >= 4 is 17.4 Å². The van der Waals surface area contributed by atoms with Crippen LogP contribution in [0.2, 0.25) is 0 Å². The van der Waals surface area contributed by atoms with E-state index in [0.29, 0.717) is 17.9 Å². The van der Waals surface area contributed by atoms with E-state index in [1.807, 2.05) is 37.3 Å². The summed E-state index contributed by atoms with van der Waals surface area (Å²) in [7, 11) is 0. The Balaban J connectivity index is 1.61. The van der Waals surface area contributed by atoms with E-state index in [2.05, 4.69) is 4.98 Å². The van der Waals surface area contributed by atoms with Gasteiger partial charge in [0, 0.05) is 6.54 Å². The van der Waals surface area contributed by atoms with E-state index in [1.54, 1.807) is 6.07 Å². The second-order valence-corrected chi connectivity index (χ2v) is 8.03. The summed E-state index contributed by atoms with van der Waals surface area (Å²) in [5, 5.41) is 0. The maximum Gasteiger partial charge on any atom is 0.330 e. The van der Waals surface area contributed by atoms with E-state index in [1.165, 1.54) is 39.8 Å². The number of H-pyrrole nitrogens is 1. The van der Waals surface area contributed by atoms with Gasteiger partial charge in [0.2, 0.25) is 0 Å². The molecule has 4 rings (SSSR count). The number of nitrogens with zero attached hydrogens (tertiary/aromatic N) is 2. The van der Waals surface area contributed by atoms with Crippen LogP contribution >= 0.6 is 0 Å². The molecular weight excluding hydrogens is 467 g/mol. The molecule has 2 heterocycles. The first-order valence-corrected chi connectivity index (χ1v) is 11.3. The summed E-state index contributed by atoms with van der Waals surface area (Å²) < 4.78 is 25.5. The topological polar surface area (TPSA) is 124 Å². The van der Waals surface area contributed by atoms with Gasteiger partial charge in [0.05, 0.1) is 6.54 Å². The molecule has 1 amide bonds. The molecule has 0 saturated heterocycles. The van der Waals surface area contributed by atoms with Crippen LogP contribution in [0.4, 0.5) is 15.9 Å². The van der Waals surface area contributed by atoms with E-state index < -0.39 is 17.2 Å². The van der Waals surface area contributed by atoms with Gasteiger partial charge in [0.1, 0.15) is 29.8 Å². The lowest BCUT2D eigenvalue weighted by atomic mass is 10.2. The highest BCUT2D eigenvalue weighted by molar-refractivity contribution is 6.05. The fraction of sp³-hybridized carbons (Fsp3) is 0.192. The number of furan rings is 1. The highest BCUT2D eigenvalue weighted by Gasteiger charge is 2.27. The average molecular weight is 493 g/mol. The summed E-state index contributed by atoms with van der Waals surface area (Å²) in [4.78, 5) is 42.1. The lowest BCUT2D eigenvalue weighted by molar-refractivity contribution is 0.0955. The summed E-state index contributed by atoms with van der Waals surface area (Å²) in [6, 6.07) is 17.7. The van der Waals surface area contributed by atoms with E-state index in [4.69, 9.17) is 14.9 Å². The van der Waals surface area contributed by atoms with Crippen LogP contribution in [0.25, 0.3) is 0 Å². The van der Waals surface area contributed by atoms with Crippen LogP contribution in [0.15, 0.2) is 80.7 Å². The summed E-state index contributed by atoms with van der Waals surface area (Å²) in [6.07, 6.45) is 0.518. The van der Waals surface area contributed by atoms with Gasteiger partial charge in [0.25, 0.3) is 11.5 Å². The van der Waals surface area contributed by atoms with Gasteiger partial charge in [-0.25, -0.2) is 9.18 Å². The number of anilines is 2. The van der Waals surface area contributed by atoms with E-state index in [0.717, 1.165) is 5.56 Å². The van der Waals surface area contributed by atoms with Crippen molar-refractivity contribution in [1.29, 1.82) is 0 Å². The van der Waals surface area contributed by atoms with Crippen molar-refractivity contribution in [2.24, 2.45) is 0 Å². The Morgan fingerprint density at radius 3 is 2.50 bits per heavy atom. The number of nitrogen functional groups attached to an aromatic ring is 1. The van der Waals surface area contributed by atoms with Gasteiger partial charge in [-0.05, 0) is 48.4 Å². The molecule has 2 aromatic heterocycles. The van der Waals surface area contributed by atoms with Crippen LogP contribution in [0.5, 0.6) is 5.75 Å². The molecule has 0 aliphatic rings. The molecular formula is C26H25FN4O5. The number of rotatable bonds is 9. The molecule has 0 radical (unpaired) electrons. The molecule has 0 bridgehead atoms. The zero-order chi connectivity index (χ0) is 25.7. The zero-order valence-corrected chi connectivity index (χ0v) is 19.6. The molecule has 4 aromatic rings. The molecule has 36 heavy (non-hydrogen) atoms. The number of aromatic nitrogens is 2. The molecule has 9 nitrogen and oxygen atoms in total. The number of hydrogen-bond acceptors (Lipinski definition) is 6. The number of nitrogens with one attached hydrogen (secondary N) is 1. The number of aromatic amines is 1.